The second kappa shape index (κ2) is 14.4. The van der Waals surface area contributed by atoms with Gasteiger partial charge in [-0.3, -0.25) is 9.13 Å². The van der Waals surface area contributed by atoms with Crippen LogP contribution in [0.4, 0.5) is 0 Å². The van der Waals surface area contributed by atoms with E-state index >= 15 is 0 Å². The van der Waals surface area contributed by atoms with Crippen LogP contribution in [0.1, 0.15) is 20.6 Å². The minimum atomic E-state index is -0.688. The van der Waals surface area contributed by atoms with Crippen LogP contribution in [0.2, 0.25) is 0 Å². The lowest BCUT2D eigenvalue weighted by molar-refractivity contribution is 0.669. The molecule has 0 saturated heterocycles. The average Bonchev–Trinajstić information content (AvgIpc) is 1.51. The van der Waals surface area contributed by atoms with Crippen molar-refractivity contribution in [3.63, 3.8) is 0 Å². The van der Waals surface area contributed by atoms with E-state index in [-0.39, 0.29) is 73.0 Å². The summed E-state index contributed by atoms with van der Waals surface area (Å²) in [5, 5.41) is 4.26. The maximum absolute atomic E-state index is 10.4. The minimum absolute atomic E-state index is 0.0758. The highest BCUT2D eigenvalue weighted by atomic mass is 16.3. The molecule has 6 aromatic heterocycles. The Kier molecular flexibility index (Phi) is 5.40. The molecule has 0 aliphatic rings. The molecule has 0 aliphatic carbocycles. The molecule has 0 saturated carbocycles. The molecule has 16 aromatic rings. The molecule has 0 unspecified atom stereocenters. The smallest absolute Gasteiger partial charge is 0.240 e. The molecule has 6 heterocycles. The zero-order valence-corrected chi connectivity index (χ0v) is 36.7. The van der Waals surface area contributed by atoms with Gasteiger partial charge in [0.05, 0.1) is 87.0 Å². The van der Waals surface area contributed by atoms with E-state index in [0.29, 0.717) is 60.2 Å². The van der Waals surface area contributed by atoms with Crippen molar-refractivity contribution in [2.24, 2.45) is 0 Å². The van der Waals surface area contributed by atoms with Gasteiger partial charge in [0.25, 0.3) is 0 Å². The van der Waals surface area contributed by atoms with Gasteiger partial charge in [0.15, 0.2) is 5.82 Å². The first-order valence-electron chi connectivity index (χ1n) is 30.2. The zero-order valence-electron chi connectivity index (χ0n) is 51.7. The SMILES string of the molecule is [2H]c1c([2H])c(-n2c3ccccc3c3c([2H])c([2H])c([2H])c([2H])c32)c(-c2nc(-n3c4ccccc4c4ccccc43)nc(-n3c4c([2H])c([2H])c([2H])c([2H])c4c4c([2H])c([2H])c([2H])c([2H])c43)n2)c(-n2c3ccccc3c3ccc4oc5ccccc5c4c32)c1[2H]. The Morgan fingerprint density at radius 1 is 0.324 bits per heavy atom. The van der Waals surface area contributed by atoms with Gasteiger partial charge in [0, 0.05) is 48.5 Å². The molecule has 0 spiro atoms. The highest BCUT2D eigenvalue weighted by Gasteiger charge is 2.28. The molecule has 0 atom stereocenters. The van der Waals surface area contributed by atoms with Gasteiger partial charge < -0.3 is 13.6 Å². The highest BCUT2D eigenvalue weighted by molar-refractivity contribution is 6.25. The Hall–Kier alpha value is -9.79. The van der Waals surface area contributed by atoms with Gasteiger partial charge in [-0.05, 0) is 72.7 Å². The summed E-state index contributed by atoms with van der Waals surface area (Å²) in [7, 11) is 0. The van der Waals surface area contributed by atoms with Crippen molar-refractivity contribution in [1.29, 1.82) is 0 Å². The van der Waals surface area contributed by atoms with Crippen LogP contribution in [0.25, 0.3) is 144 Å². The van der Waals surface area contributed by atoms with E-state index in [0.717, 1.165) is 10.8 Å². The van der Waals surface area contributed by atoms with Crippen LogP contribution in [0.5, 0.6) is 0 Å². The van der Waals surface area contributed by atoms with E-state index in [1.807, 2.05) is 109 Å². The highest BCUT2D eigenvalue weighted by Crippen LogP contribution is 2.45. The number of nitrogens with zero attached hydrogens (tertiary/aromatic N) is 7. The lowest BCUT2D eigenvalue weighted by atomic mass is 10.1. The van der Waals surface area contributed by atoms with Crippen LogP contribution in [0.15, 0.2) is 229 Å². The van der Waals surface area contributed by atoms with Crippen molar-refractivity contribution in [3.8, 4) is 34.7 Å². The monoisotopic (exact) mass is 922 g/mol. The maximum atomic E-state index is 10.4. The van der Waals surface area contributed by atoms with Crippen LogP contribution in [-0.2, 0) is 0 Å². The Labute approximate surface area is 425 Å². The number of para-hydroxylation sites is 8. The molecule has 0 aliphatic heterocycles. The molecule has 0 N–H and O–H groups in total. The number of hydrogen-bond acceptors (Lipinski definition) is 4. The first kappa shape index (κ1) is 26.7. The molecule has 0 amide bonds. The molecule has 0 bridgehead atoms. The predicted octanol–water partition coefficient (Wildman–Crippen LogP) is 15.8. The summed E-state index contributed by atoms with van der Waals surface area (Å²) >= 11 is 0. The van der Waals surface area contributed by atoms with Crippen molar-refractivity contribution in [3.05, 3.63) is 224 Å². The molecule has 10 aromatic carbocycles. The van der Waals surface area contributed by atoms with Gasteiger partial charge in [0.2, 0.25) is 11.9 Å². The van der Waals surface area contributed by atoms with E-state index in [9.17, 15) is 12.3 Å². The van der Waals surface area contributed by atoms with E-state index in [1.54, 1.807) is 33.4 Å². The van der Waals surface area contributed by atoms with Crippen LogP contribution in [-0.4, -0.2) is 33.2 Å². The lowest BCUT2D eigenvalue weighted by Gasteiger charge is -2.20. The fourth-order valence-corrected chi connectivity index (χ4v) is 10.8. The van der Waals surface area contributed by atoms with Gasteiger partial charge in [-0.25, -0.2) is 0 Å². The molecule has 71 heavy (non-hydrogen) atoms. The minimum Gasteiger partial charge on any atom is -0.456 e. The van der Waals surface area contributed by atoms with Crippen molar-refractivity contribution in [2.45, 2.75) is 0 Å². The standard InChI is InChI=1S/C63H37N7O/c1-9-26-47-38(18-1)39-19-2-10-27-48(39)67(47)54-33-17-34-55(68-49-28-11-7-24-44(49)45-36-37-57-58(60(45)68)46-25-8-16-35-56(46)71-57)59(54)61-64-62(69-50-29-12-3-20-40(50)41-21-4-13-30-51(41)69)66-63(65-61)70-52-31-14-5-22-42(52)43-23-6-15-32-53(43)70/h1-37H/i1D,3D,4D,9D,12D,13D,17D,18D,20D,21D,26D,29D,30D,33D,34D. The van der Waals surface area contributed by atoms with Crippen molar-refractivity contribution >= 4 is 109 Å². The third-order valence-corrected chi connectivity index (χ3v) is 13.6. The second-order valence-corrected chi connectivity index (χ2v) is 17.2. The fourth-order valence-electron chi connectivity index (χ4n) is 10.8. The van der Waals surface area contributed by atoms with Crippen LogP contribution < -0.4 is 0 Å². The molecule has 0 fully saturated rings. The Balaban J connectivity index is 1.20. The van der Waals surface area contributed by atoms with Crippen LogP contribution in [0, 0.1) is 0 Å². The number of fused-ring (bicyclic) bond motifs is 16. The number of rotatable bonds is 5. The van der Waals surface area contributed by atoms with Crippen LogP contribution >= 0.6 is 0 Å². The zero-order chi connectivity index (χ0) is 59.4. The summed E-state index contributed by atoms with van der Waals surface area (Å²) in [6, 6.07) is 31.7. The maximum Gasteiger partial charge on any atom is 0.240 e. The van der Waals surface area contributed by atoms with Gasteiger partial charge in [-0.1, -0.05) is 151 Å². The van der Waals surface area contributed by atoms with E-state index in [4.69, 9.17) is 27.6 Å². The quantitative estimate of drug-likeness (QED) is 0.172. The summed E-state index contributed by atoms with van der Waals surface area (Å²) in [6.45, 7) is 0. The number of aromatic nitrogens is 7. The second-order valence-electron chi connectivity index (χ2n) is 17.2. The van der Waals surface area contributed by atoms with Crippen molar-refractivity contribution in [1.82, 2.24) is 33.2 Å². The van der Waals surface area contributed by atoms with Gasteiger partial charge >= 0.3 is 0 Å². The Morgan fingerprint density at radius 2 is 0.761 bits per heavy atom. The summed E-state index contributed by atoms with van der Waals surface area (Å²) in [5.41, 5.74) is 2.42. The number of hydrogen-bond donors (Lipinski definition) is 0. The molecular weight excluding hydrogens is 871 g/mol. The van der Waals surface area contributed by atoms with E-state index in [1.165, 1.54) is 9.13 Å². The largest absolute Gasteiger partial charge is 0.456 e. The Morgan fingerprint density at radius 3 is 1.37 bits per heavy atom. The van der Waals surface area contributed by atoms with Crippen molar-refractivity contribution < 1.29 is 25.0 Å². The summed E-state index contributed by atoms with van der Waals surface area (Å²) in [6.07, 6.45) is 0. The summed E-state index contributed by atoms with van der Waals surface area (Å²) < 4.78 is 154. The summed E-state index contributed by atoms with van der Waals surface area (Å²) in [4.78, 5) is 15.9. The predicted molar refractivity (Wildman–Crippen MR) is 290 cm³/mol. The van der Waals surface area contributed by atoms with Crippen molar-refractivity contribution in [2.75, 3.05) is 0 Å². The summed E-state index contributed by atoms with van der Waals surface area (Å²) in [5.74, 6) is -0.905. The van der Waals surface area contributed by atoms with Gasteiger partial charge in [0.1, 0.15) is 11.2 Å². The molecular formula is C63H37N7O. The molecule has 8 nitrogen and oxygen atoms in total. The first-order valence-corrected chi connectivity index (χ1v) is 22.7. The fraction of sp³-hybridized carbons (Fsp3) is 0. The normalized spacial score (nSPS) is 15.2. The Bertz CT molecular complexity index is 5690. The molecule has 8 heteroatoms. The third-order valence-electron chi connectivity index (χ3n) is 13.6. The average molecular weight is 923 g/mol. The number of benzene rings is 10. The van der Waals surface area contributed by atoms with Crippen LogP contribution in [0.3, 0.4) is 0 Å². The molecule has 330 valence electrons. The lowest BCUT2D eigenvalue weighted by Crippen LogP contribution is -2.12. The third kappa shape index (κ3) is 5.25. The number of furan rings is 1. The first-order chi connectivity index (χ1) is 41.5. The molecule has 16 rings (SSSR count). The van der Waals surface area contributed by atoms with Gasteiger partial charge in [-0.15, -0.1) is 0 Å². The van der Waals surface area contributed by atoms with Gasteiger partial charge in [-0.2, -0.15) is 15.0 Å². The van der Waals surface area contributed by atoms with E-state index < -0.39 is 90.5 Å². The molecule has 0 radical (unpaired) electrons. The van der Waals surface area contributed by atoms with E-state index in [2.05, 4.69) is 0 Å². The topological polar surface area (TPSA) is 71.5 Å².